The van der Waals surface area contributed by atoms with Crippen LogP contribution in [0.15, 0.2) is 36.5 Å². The van der Waals surface area contributed by atoms with Gasteiger partial charge in [0.15, 0.2) is 5.69 Å². The van der Waals surface area contributed by atoms with Crippen molar-refractivity contribution in [2.24, 2.45) is 0 Å². The maximum atomic E-state index is 10.0. The van der Waals surface area contributed by atoms with Crippen LogP contribution in [0.2, 0.25) is 0 Å². The van der Waals surface area contributed by atoms with Crippen LogP contribution in [0.4, 0.5) is 5.69 Å². The van der Waals surface area contributed by atoms with E-state index in [1.54, 1.807) is 0 Å². The molecular formula is C23H24N2O. The third-order valence-corrected chi connectivity index (χ3v) is 5.94. The van der Waals surface area contributed by atoms with Gasteiger partial charge in [-0.05, 0) is 79.8 Å². The van der Waals surface area contributed by atoms with E-state index in [-0.39, 0.29) is 6.10 Å². The Bertz CT molecular complexity index is 1040. The van der Waals surface area contributed by atoms with E-state index in [9.17, 15) is 5.11 Å². The molecule has 1 N–H and O–H groups in total. The predicted octanol–water partition coefficient (Wildman–Crippen LogP) is 5.87. The molecule has 0 bridgehead atoms. The number of aromatic nitrogens is 1. The van der Waals surface area contributed by atoms with E-state index in [1.165, 1.54) is 27.8 Å². The van der Waals surface area contributed by atoms with Crippen LogP contribution < -0.4 is 0 Å². The Labute approximate surface area is 154 Å². The SMILES string of the molecule is [C-]#[N+]c1cc2c(-c3cccc(C)c3C)cn([C@@H]3CC[C@H](O)C3)c2cc1C. The topological polar surface area (TPSA) is 29.5 Å². The predicted molar refractivity (Wildman–Crippen MR) is 107 cm³/mol. The molecule has 0 amide bonds. The van der Waals surface area contributed by atoms with E-state index in [0.717, 1.165) is 30.2 Å². The molecule has 1 saturated carbocycles. The number of hydrogen-bond donors (Lipinski definition) is 1. The highest BCUT2D eigenvalue weighted by molar-refractivity contribution is 5.99. The van der Waals surface area contributed by atoms with Crippen molar-refractivity contribution in [3.63, 3.8) is 0 Å². The van der Waals surface area contributed by atoms with Crippen LogP contribution in [0.25, 0.3) is 26.9 Å². The Hall–Kier alpha value is -2.57. The summed E-state index contributed by atoms with van der Waals surface area (Å²) in [5.41, 5.74) is 7.87. The molecule has 2 atom stereocenters. The fourth-order valence-corrected chi connectivity index (χ4v) is 4.26. The molecule has 1 aliphatic rings. The zero-order chi connectivity index (χ0) is 18.4. The fourth-order valence-electron chi connectivity index (χ4n) is 4.26. The third-order valence-electron chi connectivity index (χ3n) is 5.94. The monoisotopic (exact) mass is 344 g/mol. The zero-order valence-electron chi connectivity index (χ0n) is 15.6. The minimum Gasteiger partial charge on any atom is -0.393 e. The molecule has 1 heterocycles. The number of aliphatic hydroxyl groups excluding tert-OH is 1. The van der Waals surface area contributed by atoms with Gasteiger partial charge in [0.1, 0.15) is 0 Å². The summed E-state index contributed by atoms with van der Waals surface area (Å²) in [7, 11) is 0. The first kappa shape index (κ1) is 16.9. The van der Waals surface area contributed by atoms with Gasteiger partial charge >= 0.3 is 0 Å². The summed E-state index contributed by atoms with van der Waals surface area (Å²) in [6.45, 7) is 13.8. The lowest BCUT2D eigenvalue weighted by Gasteiger charge is -2.14. The number of aliphatic hydroxyl groups is 1. The van der Waals surface area contributed by atoms with E-state index in [2.05, 4.69) is 53.7 Å². The number of nitrogens with zero attached hydrogens (tertiary/aromatic N) is 2. The second-order valence-corrected chi connectivity index (χ2v) is 7.59. The summed E-state index contributed by atoms with van der Waals surface area (Å²) >= 11 is 0. The minimum absolute atomic E-state index is 0.204. The van der Waals surface area contributed by atoms with E-state index in [1.807, 2.05) is 13.0 Å². The van der Waals surface area contributed by atoms with Crippen molar-refractivity contribution in [3.05, 3.63) is 64.6 Å². The first-order chi connectivity index (χ1) is 12.5. The Morgan fingerprint density at radius 1 is 1.08 bits per heavy atom. The van der Waals surface area contributed by atoms with Crippen LogP contribution in [0.1, 0.15) is 42.0 Å². The lowest BCUT2D eigenvalue weighted by molar-refractivity contribution is 0.178. The highest BCUT2D eigenvalue weighted by atomic mass is 16.3. The Balaban J connectivity index is 2.01. The largest absolute Gasteiger partial charge is 0.393 e. The van der Waals surface area contributed by atoms with Gasteiger partial charge in [0.25, 0.3) is 0 Å². The smallest absolute Gasteiger partial charge is 0.190 e. The van der Waals surface area contributed by atoms with Gasteiger partial charge in [-0.15, -0.1) is 0 Å². The second kappa shape index (κ2) is 6.30. The molecule has 26 heavy (non-hydrogen) atoms. The number of hydrogen-bond acceptors (Lipinski definition) is 1. The standard InChI is InChI=1S/C23H24N2O/c1-14-6-5-7-19(16(14)3)21-13-25(17-8-9-18(26)11-17)23-10-15(2)22(24-4)12-20(21)23/h5-7,10,12-13,17-18,26H,8-9,11H2,1-3H3/t17-,18+/m1/s1. The highest BCUT2D eigenvalue weighted by Crippen LogP contribution is 2.41. The van der Waals surface area contributed by atoms with Gasteiger partial charge in [-0.2, -0.15) is 0 Å². The average Bonchev–Trinajstić information content (AvgIpc) is 3.20. The molecule has 0 radical (unpaired) electrons. The van der Waals surface area contributed by atoms with Crippen LogP contribution >= 0.6 is 0 Å². The van der Waals surface area contributed by atoms with Crippen molar-refractivity contribution >= 4 is 16.6 Å². The van der Waals surface area contributed by atoms with Gasteiger partial charge in [-0.25, -0.2) is 4.85 Å². The van der Waals surface area contributed by atoms with E-state index < -0.39 is 0 Å². The van der Waals surface area contributed by atoms with Crippen LogP contribution in [-0.4, -0.2) is 15.8 Å². The minimum atomic E-state index is -0.204. The van der Waals surface area contributed by atoms with Crippen molar-refractivity contribution in [1.82, 2.24) is 4.57 Å². The molecule has 0 saturated heterocycles. The molecule has 3 heteroatoms. The van der Waals surface area contributed by atoms with Crippen LogP contribution in [0.3, 0.4) is 0 Å². The molecular weight excluding hydrogens is 320 g/mol. The number of aryl methyl sites for hydroxylation is 2. The molecule has 1 aliphatic carbocycles. The average molecular weight is 344 g/mol. The summed E-state index contributed by atoms with van der Waals surface area (Å²) in [6.07, 6.45) is 4.70. The molecule has 1 aromatic heterocycles. The summed E-state index contributed by atoms with van der Waals surface area (Å²) < 4.78 is 2.34. The van der Waals surface area contributed by atoms with Crippen LogP contribution in [0.5, 0.6) is 0 Å². The quantitative estimate of drug-likeness (QED) is 0.579. The molecule has 3 aromatic rings. The van der Waals surface area contributed by atoms with Crippen molar-refractivity contribution < 1.29 is 5.11 Å². The van der Waals surface area contributed by atoms with Gasteiger partial charge in [-0.1, -0.05) is 18.2 Å². The third kappa shape index (κ3) is 2.62. The van der Waals surface area contributed by atoms with Crippen molar-refractivity contribution in [2.75, 3.05) is 0 Å². The van der Waals surface area contributed by atoms with Crippen molar-refractivity contribution in [1.29, 1.82) is 0 Å². The molecule has 1 fully saturated rings. The number of benzene rings is 2. The second-order valence-electron chi connectivity index (χ2n) is 7.59. The molecule has 132 valence electrons. The van der Waals surface area contributed by atoms with Crippen LogP contribution in [0, 0.1) is 27.3 Å². The summed E-state index contributed by atoms with van der Waals surface area (Å²) in [4.78, 5) is 3.71. The molecule has 2 aromatic carbocycles. The van der Waals surface area contributed by atoms with E-state index >= 15 is 0 Å². The number of rotatable bonds is 2. The first-order valence-electron chi connectivity index (χ1n) is 9.27. The van der Waals surface area contributed by atoms with Crippen molar-refractivity contribution in [3.8, 4) is 11.1 Å². The Morgan fingerprint density at radius 2 is 1.88 bits per heavy atom. The maximum absolute atomic E-state index is 10.0. The highest BCUT2D eigenvalue weighted by Gasteiger charge is 2.26. The summed E-state index contributed by atoms with van der Waals surface area (Å²) in [5.74, 6) is 0. The lowest BCUT2D eigenvalue weighted by Crippen LogP contribution is -2.06. The molecule has 0 spiro atoms. The zero-order valence-corrected chi connectivity index (χ0v) is 15.6. The Morgan fingerprint density at radius 3 is 2.58 bits per heavy atom. The van der Waals surface area contributed by atoms with E-state index in [4.69, 9.17) is 6.57 Å². The van der Waals surface area contributed by atoms with Crippen molar-refractivity contribution in [2.45, 2.75) is 52.2 Å². The van der Waals surface area contributed by atoms with Crippen LogP contribution in [-0.2, 0) is 0 Å². The molecule has 4 rings (SSSR count). The summed E-state index contributed by atoms with van der Waals surface area (Å²) in [5, 5.41) is 11.2. The normalized spacial score (nSPS) is 19.8. The number of fused-ring (bicyclic) bond motifs is 1. The summed E-state index contributed by atoms with van der Waals surface area (Å²) in [6, 6.07) is 10.9. The van der Waals surface area contributed by atoms with E-state index in [0.29, 0.717) is 11.7 Å². The maximum Gasteiger partial charge on any atom is 0.190 e. The fraction of sp³-hybridized carbons (Fsp3) is 0.348. The molecule has 0 aliphatic heterocycles. The molecule has 3 nitrogen and oxygen atoms in total. The lowest BCUT2D eigenvalue weighted by atomic mass is 9.96. The first-order valence-corrected chi connectivity index (χ1v) is 9.27. The van der Waals surface area contributed by atoms with Gasteiger partial charge in [0, 0.05) is 23.3 Å². The van der Waals surface area contributed by atoms with Gasteiger partial charge < -0.3 is 9.67 Å². The molecule has 0 unspecified atom stereocenters. The van der Waals surface area contributed by atoms with Gasteiger partial charge in [0.05, 0.1) is 12.7 Å². The van der Waals surface area contributed by atoms with Gasteiger partial charge in [-0.3, -0.25) is 0 Å². The van der Waals surface area contributed by atoms with Gasteiger partial charge in [0.2, 0.25) is 0 Å². The Kier molecular flexibility index (Phi) is 4.09.